The number of carbonyl (C=O) groups is 1. The second-order valence-corrected chi connectivity index (χ2v) is 4.24. The van der Waals surface area contributed by atoms with Gasteiger partial charge in [-0.2, -0.15) is 0 Å². The number of hydrogen-bond acceptors (Lipinski definition) is 3. The van der Waals surface area contributed by atoms with Crippen molar-refractivity contribution < 1.29 is 14.3 Å². The van der Waals surface area contributed by atoms with Crippen LogP contribution >= 0.6 is 0 Å². The van der Waals surface area contributed by atoms with Crippen LogP contribution < -0.4 is 0 Å². The van der Waals surface area contributed by atoms with E-state index >= 15 is 0 Å². The minimum absolute atomic E-state index is 0.0216. The van der Waals surface area contributed by atoms with Crippen LogP contribution in [0.1, 0.15) is 10.4 Å². The van der Waals surface area contributed by atoms with E-state index in [4.69, 9.17) is 0 Å². The van der Waals surface area contributed by atoms with Gasteiger partial charge in [0.05, 0.1) is 11.3 Å². The first-order chi connectivity index (χ1) is 9.66. The maximum absolute atomic E-state index is 13.9. The molecule has 0 atom stereocenters. The molecule has 3 aromatic rings. The zero-order valence-corrected chi connectivity index (χ0v) is 10.2. The molecule has 0 fully saturated rings. The van der Waals surface area contributed by atoms with Crippen LogP contribution in [0.15, 0.2) is 48.8 Å². The minimum Gasteiger partial charge on any atom is -0.478 e. The summed E-state index contributed by atoms with van der Waals surface area (Å²) in [6, 6.07) is 9.16. The summed E-state index contributed by atoms with van der Waals surface area (Å²) < 4.78 is 13.9. The standard InChI is InChI=1S/C15H9FN2O2/c16-12-5-1-4-10-11(15(19)20)7-13(18-14(10)12)9-3-2-6-17-8-9/h1-8H,(H,19,20). The Hall–Kier alpha value is -2.82. The SMILES string of the molecule is O=C(O)c1cc(-c2cccnc2)nc2c(F)cccc12. The largest absolute Gasteiger partial charge is 0.478 e. The van der Waals surface area contributed by atoms with Crippen LogP contribution in [-0.2, 0) is 0 Å². The van der Waals surface area contributed by atoms with Gasteiger partial charge < -0.3 is 5.11 Å². The Kier molecular flexibility index (Phi) is 2.87. The highest BCUT2D eigenvalue weighted by Crippen LogP contribution is 2.25. The van der Waals surface area contributed by atoms with E-state index in [1.54, 1.807) is 30.6 Å². The van der Waals surface area contributed by atoms with Crippen molar-refractivity contribution in [2.24, 2.45) is 0 Å². The van der Waals surface area contributed by atoms with Gasteiger partial charge >= 0.3 is 5.97 Å². The van der Waals surface area contributed by atoms with Crippen LogP contribution in [-0.4, -0.2) is 21.0 Å². The molecule has 2 aromatic heterocycles. The molecule has 0 aliphatic rings. The number of carboxylic acids is 1. The van der Waals surface area contributed by atoms with Gasteiger partial charge in [-0.05, 0) is 24.3 Å². The van der Waals surface area contributed by atoms with Crippen LogP contribution in [0.2, 0.25) is 0 Å². The summed E-state index contributed by atoms with van der Waals surface area (Å²) in [7, 11) is 0. The molecule has 5 heteroatoms. The highest BCUT2D eigenvalue weighted by Gasteiger charge is 2.15. The number of hydrogen-bond donors (Lipinski definition) is 1. The van der Waals surface area contributed by atoms with Gasteiger partial charge in [0, 0.05) is 23.3 Å². The molecule has 98 valence electrons. The molecule has 20 heavy (non-hydrogen) atoms. The molecule has 0 radical (unpaired) electrons. The Balaban J connectivity index is 2.36. The van der Waals surface area contributed by atoms with Gasteiger partial charge in [0.1, 0.15) is 11.3 Å². The Morgan fingerprint density at radius 2 is 2.05 bits per heavy atom. The van der Waals surface area contributed by atoms with Crippen LogP contribution in [0.25, 0.3) is 22.2 Å². The van der Waals surface area contributed by atoms with Crippen molar-refractivity contribution >= 4 is 16.9 Å². The summed E-state index contributed by atoms with van der Waals surface area (Å²) in [6.07, 6.45) is 3.16. The number of aromatic carboxylic acids is 1. The van der Waals surface area contributed by atoms with Crippen LogP contribution in [0.4, 0.5) is 4.39 Å². The van der Waals surface area contributed by atoms with E-state index in [1.807, 2.05) is 0 Å². The average molecular weight is 268 g/mol. The molecule has 3 rings (SSSR count). The minimum atomic E-state index is -1.12. The zero-order chi connectivity index (χ0) is 14.1. The van der Waals surface area contributed by atoms with Crippen molar-refractivity contribution in [2.45, 2.75) is 0 Å². The van der Waals surface area contributed by atoms with E-state index in [-0.39, 0.29) is 16.5 Å². The summed E-state index contributed by atoms with van der Waals surface area (Å²) >= 11 is 0. The molecule has 0 saturated heterocycles. The summed E-state index contributed by atoms with van der Waals surface area (Å²) in [5.41, 5.74) is 1.09. The van der Waals surface area contributed by atoms with Crippen molar-refractivity contribution in [2.75, 3.05) is 0 Å². The van der Waals surface area contributed by atoms with E-state index < -0.39 is 11.8 Å². The lowest BCUT2D eigenvalue weighted by Gasteiger charge is -2.07. The monoisotopic (exact) mass is 268 g/mol. The Labute approximate surface area is 113 Å². The van der Waals surface area contributed by atoms with E-state index in [0.717, 1.165) is 0 Å². The van der Waals surface area contributed by atoms with Gasteiger partial charge in [-0.1, -0.05) is 12.1 Å². The quantitative estimate of drug-likeness (QED) is 0.775. The van der Waals surface area contributed by atoms with Crippen molar-refractivity contribution in [3.8, 4) is 11.3 Å². The average Bonchev–Trinajstić information content (AvgIpc) is 2.47. The van der Waals surface area contributed by atoms with Crippen molar-refractivity contribution in [1.82, 2.24) is 9.97 Å². The molecule has 1 aromatic carbocycles. The van der Waals surface area contributed by atoms with Gasteiger partial charge in [0.2, 0.25) is 0 Å². The predicted molar refractivity (Wildman–Crippen MR) is 71.9 cm³/mol. The molecule has 0 aliphatic carbocycles. The fraction of sp³-hybridized carbons (Fsp3) is 0. The lowest BCUT2D eigenvalue weighted by atomic mass is 10.0. The second-order valence-electron chi connectivity index (χ2n) is 4.24. The van der Waals surface area contributed by atoms with E-state index in [9.17, 15) is 14.3 Å². The predicted octanol–water partition coefficient (Wildman–Crippen LogP) is 3.13. The summed E-state index contributed by atoms with van der Waals surface area (Å²) in [5, 5.41) is 9.56. The first kappa shape index (κ1) is 12.2. The Morgan fingerprint density at radius 1 is 1.20 bits per heavy atom. The Bertz CT molecular complexity index is 804. The normalized spacial score (nSPS) is 10.7. The van der Waals surface area contributed by atoms with Gasteiger partial charge in [0.25, 0.3) is 0 Å². The van der Waals surface area contributed by atoms with Gasteiger partial charge in [0.15, 0.2) is 0 Å². The molecular weight excluding hydrogens is 259 g/mol. The summed E-state index contributed by atoms with van der Waals surface area (Å²) in [4.78, 5) is 19.5. The van der Waals surface area contributed by atoms with Gasteiger partial charge in [-0.25, -0.2) is 14.2 Å². The Morgan fingerprint density at radius 3 is 2.75 bits per heavy atom. The first-order valence-corrected chi connectivity index (χ1v) is 5.90. The van der Waals surface area contributed by atoms with E-state index in [1.165, 1.54) is 18.2 Å². The molecule has 0 spiro atoms. The summed E-state index contributed by atoms with van der Waals surface area (Å²) in [5.74, 6) is -1.66. The van der Waals surface area contributed by atoms with E-state index in [0.29, 0.717) is 11.3 Å². The third-order valence-electron chi connectivity index (χ3n) is 2.98. The number of rotatable bonds is 2. The number of aromatic nitrogens is 2. The number of carboxylic acid groups (broad SMARTS) is 1. The second kappa shape index (κ2) is 4.70. The number of benzene rings is 1. The lowest BCUT2D eigenvalue weighted by molar-refractivity contribution is 0.0699. The molecule has 0 bridgehead atoms. The van der Waals surface area contributed by atoms with E-state index in [2.05, 4.69) is 9.97 Å². The maximum Gasteiger partial charge on any atom is 0.336 e. The third-order valence-corrected chi connectivity index (χ3v) is 2.98. The smallest absolute Gasteiger partial charge is 0.336 e. The lowest BCUT2D eigenvalue weighted by Crippen LogP contribution is -2.01. The topological polar surface area (TPSA) is 63.1 Å². The first-order valence-electron chi connectivity index (χ1n) is 5.90. The highest BCUT2D eigenvalue weighted by molar-refractivity contribution is 6.03. The molecule has 0 amide bonds. The van der Waals surface area contributed by atoms with Gasteiger partial charge in [-0.3, -0.25) is 4.98 Å². The van der Waals surface area contributed by atoms with Crippen LogP contribution in [0.3, 0.4) is 0 Å². The molecular formula is C15H9FN2O2. The van der Waals surface area contributed by atoms with Gasteiger partial charge in [-0.15, -0.1) is 0 Å². The number of para-hydroxylation sites is 1. The highest BCUT2D eigenvalue weighted by atomic mass is 19.1. The van der Waals surface area contributed by atoms with Crippen molar-refractivity contribution in [1.29, 1.82) is 0 Å². The number of fused-ring (bicyclic) bond motifs is 1. The molecule has 4 nitrogen and oxygen atoms in total. The third kappa shape index (κ3) is 1.99. The molecule has 2 heterocycles. The maximum atomic E-state index is 13.9. The fourth-order valence-electron chi connectivity index (χ4n) is 2.05. The van der Waals surface area contributed by atoms with Crippen LogP contribution in [0.5, 0.6) is 0 Å². The summed E-state index contributed by atoms with van der Waals surface area (Å²) in [6.45, 7) is 0. The van der Waals surface area contributed by atoms with Crippen molar-refractivity contribution in [3.63, 3.8) is 0 Å². The van der Waals surface area contributed by atoms with Crippen LogP contribution in [0, 0.1) is 5.82 Å². The van der Waals surface area contributed by atoms with Crippen molar-refractivity contribution in [3.05, 3.63) is 60.2 Å². The zero-order valence-electron chi connectivity index (χ0n) is 10.2. The number of halogens is 1. The molecule has 0 saturated carbocycles. The number of pyridine rings is 2. The molecule has 1 N–H and O–H groups in total. The fourth-order valence-corrected chi connectivity index (χ4v) is 2.05. The number of nitrogens with zero attached hydrogens (tertiary/aromatic N) is 2. The molecule has 0 aliphatic heterocycles. The molecule has 0 unspecified atom stereocenters.